The highest BCUT2D eigenvalue weighted by molar-refractivity contribution is 9.10. The molecule has 2 rings (SSSR count). The molecule has 1 aromatic carbocycles. The summed E-state index contributed by atoms with van der Waals surface area (Å²) in [5.74, 6) is -0.125. The Balaban J connectivity index is 1.98. The van der Waals surface area contributed by atoms with Crippen molar-refractivity contribution in [3.8, 4) is 0 Å². The molecule has 1 heterocycles. The Hall–Kier alpha value is -1.56. The van der Waals surface area contributed by atoms with E-state index < -0.39 is 17.7 Å². The molecule has 1 aliphatic heterocycles. The van der Waals surface area contributed by atoms with Crippen LogP contribution in [0.15, 0.2) is 28.7 Å². The SMILES string of the molecule is CC(C)(C)OC(=O)N1CCCCC1C(=O)NCc1cccc(Br)c1. The second-order valence-corrected chi connectivity index (χ2v) is 7.95. The Bertz CT molecular complexity index is 598. The number of benzene rings is 1. The minimum Gasteiger partial charge on any atom is -0.444 e. The van der Waals surface area contributed by atoms with Crippen LogP contribution in [0.4, 0.5) is 4.79 Å². The van der Waals surface area contributed by atoms with Crippen LogP contribution in [0.2, 0.25) is 0 Å². The Labute approximate surface area is 151 Å². The van der Waals surface area contributed by atoms with Crippen LogP contribution in [-0.4, -0.2) is 35.1 Å². The monoisotopic (exact) mass is 396 g/mol. The zero-order valence-electron chi connectivity index (χ0n) is 14.5. The van der Waals surface area contributed by atoms with Crippen LogP contribution in [0.3, 0.4) is 0 Å². The lowest BCUT2D eigenvalue weighted by Gasteiger charge is -2.35. The first kappa shape index (κ1) is 18.8. The van der Waals surface area contributed by atoms with Crippen molar-refractivity contribution in [3.05, 3.63) is 34.3 Å². The van der Waals surface area contributed by atoms with Gasteiger partial charge in [0.2, 0.25) is 5.91 Å². The molecule has 1 N–H and O–H groups in total. The number of nitrogens with zero attached hydrogens (tertiary/aromatic N) is 1. The Morgan fingerprint density at radius 3 is 2.75 bits per heavy atom. The van der Waals surface area contributed by atoms with Gasteiger partial charge in [0.15, 0.2) is 0 Å². The molecule has 0 bridgehead atoms. The first-order chi connectivity index (χ1) is 11.3. The van der Waals surface area contributed by atoms with Gasteiger partial charge in [0.05, 0.1) is 0 Å². The van der Waals surface area contributed by atoms with Crippen LogP contribution in [0, 0.1) is 0 Å². The van der Waals surface area contributed by atoms with Gasteiger partial charge >= 0.3 is 6.09 Å². The molecule has 2 amide bonds. The third-order valence-corrected chi connectivity index (χ3v) is 4.28. The summed E-state index contributed by atoms with van der Waals surface area (Å²) in [6, 6.07) is 7.33. The molecule has 1 aromatic rings. The molecule has 132 valence electrons. The quantitative estimate of drug-likeness (QED) is 0.843. The number of nitrogens with one attached hydrogen (secondary N) is 1. The van der Waals surface area contributed by atoms with E-state index in [-0.39, 0.29) is 5.91 Å². The molecule has 1 fully saturated rings. The Morgan fingerprint density at radius 2 is 2.08 bits per heavy atom. The molecule has 24 heavy (non-hydrogen) atoms. The number of hydrogen-bond acceptors (Lipinski definition) is 3. The molecule has 1 aliphatic rings. The molecule has 1 saturated heterocycles. The van der Waals surface area contributed by atoms with E-state index >= 15 is 0 Å². The fourth-order valence-electron chi connectivity index (χ4n) is 2.70. The molecule has 0 aromatic heterocycles. The molecule has 0 radical (unpaired) electrons. The van der Waals surface area contributed by atoms with Crippen molar-refractivity contribution in [2.75, 3.05) is 6.54 Å². The summed E-state index contributed by atoms with van der Waals surface area (Å²) in [7, 11) is 0. The zero-order chi connectivity index (χ0) is 17.7. The highest BCUT2D eigenvalue weighted by Gasteiger charge is 2.34. The third kappa shape index (κ3) is 5.51. The van der Waals surface area contributed by atoms with Gasteiger partial charge in [-0.2, -0.15) is 0 Å². The van der Waals surface area contributed by atoms with E-state index in [2.05, 4.69) is 21.2 Å². The molecular formula is C18H25BrN2O3. The lowest BCUT2D eigenvalue weighted by molar-refractivity contribution is -0.127. The number of hydrogen-bond donors (Lipinski definition) is 1. The molecule has 5 nitrogen and oxygen atoms in total. The van der Waals surface area contributed by atoms with Crippen LogP contribution >= 0.6 is 15.9 Å². The maximum Gasteiger partial charge on any atom is 0.410 e. The summed E-state index contributed by atoms with van der Waals surface area (Å²) in [5.41, 5.74) is 0.448. The highest BCUT2D eigenvalue weighted by atomic mass is 79.9. The van der Waals surface area contributed by atoms with E-state index in [1.807, 2.05) is 45.0 Å². The maximum atomic E-state index is 12.6. The number of carbonyl (C=O) groups is 2. The molecule has 0 aliphatic carbocycles. The van der Waals surface area contributed by atoms with Gasteiger partial charge in [0, 0.05) is 17.6 Å². The molecule has 1 unspecified atom stereocenters. The first-order valence-corrected chi connectivity index (χ1v) is 9.07. The van der Waals surface area contributed by atoms with Gasteiger partial charge in [0.1, 0.15) is 11.6 Å². The predicted molar refractivity (Wildman–Crippen MR) is 96.6 cm³/mol. The van der Waals surface area contributed by atoms with E-state index in [1.54, 1.807) is 4.90 Å². The zero-order valence-corrected chi connectivity index (χ0v) is 16.1. The lowest BCUT2D eigenvalue weighted by Crippen LogP contribution is -2.52. The Morgan fingerprint density at radius 1 is 1.33 bits per heavy atom. The molecule has 1 atom stereocenters. The third-order valence-electron chi connectivity index (χ3n) is 3.79. The van der Waals surface area contributed by atoms with Crippen molar-refractivity contribution >= 4 is 27.9 Å². The van der Waals surface area contributed by atoms with Crippen LogP contribution in [0.5, 0.6) is 0 Å². The normalized spacial score (nSPS) is 18.2. The number of carbonyl (C=O) groups excluding carboxylic acids is 2. The topological polar surface area (TPSA) is 58.6 Å². The highest BCUT2D eigenvalue weighted by Crippen LogP contribution is 2.21. The Kier molecular flexibility index (Phi) is 6.27. The second-order valence-electron chi connectivity index (χ2n) is 7.03. The average molecular weight is 397 g/mol. The smallest absolute Gasteiger partial charge is 0.410 e. The standard InChI is InChI=1S/C18H25BrN2O3/c1-18(2,3)24-17(23)21-10-5-4-9-15(21)16(22)20-12-13-7-6-8-14(19)11-13/h6-8,11,15H,4-5,9-10,12H2,1-3H3,(H,20,22). The largest absolute Gasteiger partial charge is 0.444 e. The molecular weight excluding hydrogens is 372 g/mol. The van der Waals surface area contributed by atoms with Gasteiger partial charge in [-0.05, 0) is 57.7 Å². The van der Waals surface area contributed by atoms with E-state index in [0.29, 0.717) is 19.5 Å². The first-order valence-electron chi connectivity index (χ1n) is 8.28. The van der Waals surface area contributed by atoms with Crippen molar-refractivity contribution < 1.29 is 14.3 Å². The van der Waals surface area contributed by atoms with Crippen LogP contribution in [0.1, 0.15) is 45.6 Å². The lowest BCUT2D eigenvalue weighted by atomic mass is 10.0. The van der Waals surface area contributed by atoms with Crippen molar-refractivity contribution in [1.82, 2.24) is 10.2 Å². The molecule has 6 heteroatoms. The van der Waals surface area contributed by atoms with Gasteiger partial charge in [-0.15, -0.1) is 0 Å². The predicted octanol–water partition coefficient (Wildman–Crippen LogP) is 3.85. The molecule has 0 spiro atoms. The molecule has 0 saturated carbocycles. The number of piperidine rings is 1. The fourth-order valence-corrected chi connectivity index (χ4v) is 3.14. The minimum absolute atomic E-state index is 0.125. The van der Waals surface area contributed by atoms with Gasteiger partial charge in [-0.3, -0.25) is 9.69 Å². The van der Waals surface area contributed by atoms with Gasteiger partial charge in [-0.25, -0.2) is 4.79 Å². The van der Waals surface area contributed by atoms with Gasteiger partial charge in [0.25, 0.3) is 0 Å². The minimum atomic E-state index is -0.564. The van der Waals surface area contributed by atoms with E-state index in [1.165, 1.54) is 0 Å². The summed E-state index contributed by atoms with van der Waals surface area (Å²) in [6.45, 7) is 6.49. The fraction of sp³-hybridized carbons (Fsp3) is 0.556. The van der Waals surface area contributed by atoms with E-state index in [0.717, 1.165) is 22.9 Å². The van der Waals surface area contributed by atoms with E-state index in [9.17, 15) is 9.59 Å². The van der Waals surface area contributed by atoms with Crippen molar-refractivity contribution in [2.24, 2.45) is 0 Å². The number of likely N-dealkylation sites (tertiary alicyclic amines) is 1. The number of amides is 2. The van der Waals surface area contributed by atoms with Crippen LogP contribution in [-0.2, 0) is 16.1 Å². The van der Waals surface area contributed by atoms with Crippen molar-refractivity contribution in [2.45, 2.75) is 58.2 Å². The number of rotatable bonds is 3. The van der Waals surface area contributed by atoms with Gasteiger partial charge < -0.3 is 10.1 Å². The summed E-state index contributed by atoms with van der Waals surface area (Å²) >= 11 is 3.42. The van der Waals surface area contributed by atoms with Crippen molar-refractivity contribution in [3.63, 3.8) is 0 Å². The number of ether oxygens (including phenoxy) is 1. The van der Waals surface area contributed by atoms with E-state index in [4.69, 9.17) is 4.74 Å². The summed E-state index contributed by atoms with van der Waals surface area (Å²) < 4.78 is 6.41. The summed E-state index contributed by atoms with van der Waals surface area (Å²) in [4.78, 5) is 26.5. The van der Waals surface area contributed by atoms with Crippen LogP contribution < -0.4 is 5.32 Å². The summed E-state index contributed by atoms with van der Waals surface area (Å²) in [6.07, 6.45) is 2.09. The van der Waals surface area contributed by atoms with Crippen molar-refractivity contribution in [1.29, 1.82) is 0 Å². The maximum absolute atomic E-state index is 12.6. The second kappa shape index (κ2) is 8.01. The summed E-state index contributed by atoms with van der Waals surface area (Å²) in [5, 5.41) is 2.93. The van der Waals surface area contributed by atoms with Gasteiger partial charge in [-0.1, -0.05) is 28.1 Å². The van der Waals surface area contributed by atoms with Crippen LogP contribution in [0.25, 0.3) is 0 Å². The number of halogens is 1. The average Bonchev–Trinajstić information content (AvgIpc) is 2.51.